The molecule has 0 radical (unpaired) electrons. The highest BCUT2D eigenvalue weighted by Gasteiger charge is 2.16. The fourth-order valence-electron chi connectivity index (χ4n) is 1.47. The molecule has 0 aliphatic carbocycles. The van der Waals surface area contributed by atoms with Crippen molar-refractivity contribution < 1.29 is 19.1 Å². The number of hydrogen-bond acceptors (Lipinski definition) is 3. The molecule has 0 spiro atoms. The Kier molecular flexibility index (Phi) is 6.51. The van der Waals surface area contributed by atoms with Crippen molar-refractivity contribution in [2.45, 2.75) is 31.9 Å². The fraction of sp³-hybridized carbons (Fsp3) is 0.429. The Hall–Kier alpha value is -1.56. The summed E-state index contributed by atoms with van der Waals surface area (Å²) in [6.07, 6.45) is 2.07. The smallest absolute Gasteiger partial charge is 0.335 e. The van der Waals surface area contributed by atoms with E-state index in [4.69, 9.17) is 5.11 Å². The first kappa shape index (κ1) is 16.5. The summed E-state index contributed by atoms with van der Waals surface area (Å²) in [4.78, 5) is 22.7. The van der Waals surface area contributed by atoms with Gasteiger partial charge in [0.2, 0.25) is 5.91 Å². The molecular formula is C14H18FNO3S. The first-order chi connectivity index (χ1) is 9.45. The van der Waals surface area contributed by atoms with Crippen LogP contribution in [0.4, 0.5) is 10.1 Å². The molecule has 1 atom stereocenters. The van der Waals surface area contributed by atoms with E-state index in [2.05, 4.69) is 12.2 Å². The lowest BCUT2D eigenvalue weighted by atomic mass is 10.2. The van der Waals surface area contributed by atoms with E-state index >= 15 is 0 Å². The number of carboxylic acids is 1. The number of carbonyl (C=O) groups is 2. The predicted molar refractivity (Wildman–Crippen MR) is 78.8 cm³/mol. The molecule has 0 saturated carbocycles. The molecule has 1 aromatic carbocycles. The van der Waals surface area contributed by atoms with E-state index in [0.29, 0.717) is 0 Å². The van der Waals surface area contributed by atoms with Crippen LogP contribution in [0.1, 0.15) is 37.0 Å². The van der Waals surface area contributed by atoms with E-state index in [9.17, 15) is 14.0 Å². The average Bonchev–Trinajstić information content (AvgIpc) is 2.41. The average molecular weight is 299 g/mol. The number of aromatic carboxylic acids is 1. The number of halogens is 1. The molecule has 6 heteroatoms. The Morgan fingerprint density at radius 1 is 1.45 bits per heavy atom. The molecule has 1 unspecified atom stereocenters. The van der Waals surface area contributed by atoms with E-state index < -0.39 is 11.8 Å². The Bertz CT molecular complexity index is 493. The van der Waals surface area contributed by atoms with Crippen LogP contribution in [0.3, 0.4) is 0 Å². The number of unbranched alkanes of at least 4 members (excludes halogenated alkanes) is 1. The highest BCUT2D eigenvalue weighted by molar-refractivity contribution is 8.00. The standard InChI is InChI=1S/C14H18FNO3S/c1-3-4-7-20-9(2)13(17)16-12-8-10(14(18)19)5-6-11(12)15/h5-6,8-9H,3-4,7H2,1-2H3,(H,16,17)(H,18,19). The lowest BCUT2D eigenvalue weighted by molar-refractivity contribution is -0.115. The van der Waals surface area contributed by atoms with Crippen LogP contribution in [0.2, 0.25) is 0 Å². The van der Waals surface area contributed by atoms with Crippen LogP contribution in [-0.4, -0.2) is 28.0 Å². The van der Waals surface area contributed by atoms with Crippen LogP contribution >= 0.6 is 11.8 Å². The molecule has 0 aromatic heterocycles. The van der Waals surface area contributed by atoms with E-state index in [0.717, 1.165) is 36.8 Å². The third kappa shape index (κ3) is 4.85. The number of nitrogens with one attached hydrogen (secondary N) is 1. The van der Waals surface area contributed by atoms with Crippen molar-refractivity contribution in [2.75, 3.05) is 11.1 Å². The fourth-order valence-corrected chi connectivity index (χ4v) is 2.49. The minimum Gasteiger partial charge on any atom is -0.478 e. The van der Waals surface area contributed by atoms with E-state index in [1.807, 2.05) is 0 Å². The van der Waals surface area contributed by atoms with Gasteiger partial charge < -0.3 is 10.4 Å². The van der Waals surface area contributed by atoms with Crippen molar-refractivity contribution in [2.24, 2.45) is 0 Å². The van der Waals surface area contributed by atoms with Crippen molar-refractivity contribution in [1.29, 1.82) is 0 Å². The third-order valence-corrected chi connectivity index (χ3v) is 3.94. The molecule has 0 aliphatic rings. The summed E-state index contributed by atoms with van der Waals surface area (Å²) in [7, 11) is 0. The number of benzene rings is 1. The summed E-state index contributed by atoms with van der Waals surface area (Å²) in [5.74, 6) is -1.27. The van der Waals surface area contributed by atoms with Crippen LogP contribution in [0.25, 0.3) is 0 Å². The van der Waals surface area contributed by atoms with Crippen LogP contribution in [0.15, 0.2) is 18.2 Å². The van der Waals surface area contributed by atoms with Gasteiger partial charge >= 0.3 is 5.97 Å². The van der Waals surface area contributed by atoms with Crippen molar-refractivity contribution in [3.63, 3.8) is 0 Å². The van der Waals surface area contributed by atoms with Gasteiger partial charge in [0.25, 0.3) is 0 Å². The van der Waals surface area contributed by atoms with Gasteiger partial charge in [-0.05, 0) is 37.3 Å². The molecule has 1 amide bonds. The van der Waals surface area contributed by atoms with Crippen LogP contribution in [-0.2, 0) is 4.79 Å². The number of thioether (sulfide) groups is 1. The molecule has 0 bridgehead atoms. The summed E-state index contributed by atoms with van der Waals surface area (Å²) in [6.45, 7) is 3.81. The minimum absolute atomic E-state index is 0.0620. The zero-order valence-electron chi connectivity index (χ0n) is 11.5. The summed E-state index contributed by atoms with van der Waals surface area (Å²) in [5, 5.41) is 11.0. The predicted octanol–water partition coefficient (Wildman–Crippen LogP) is 3.38. The summed E-state index contributed by atoms with van der Waals surface area (Å²) in [5.41, 5.74) is -0.161. The van der Waals surface area contributed by atoms with Crippen LogP contribution < -0.4 is 5.32 Å². The maximum absolute atomic E-state index is 13.5. The maximum Gasteiger partial charge on any atom is 0.335 e. The van der Waals surface area contributed by atoms with E-state index in [-0.39, 0.29) is 22.4 Å². The Morgan fingerprint density at radius 3 is 2.75 bits per heavy atom. The van der Waals surface area contributed by atoms with Gasteiger partial charge in [0, 0.05) is 0 Å². The van der Waals surface area contributed by atoms with Crippen molar-refractivity contribution in [3.8, 4) is 0 Å². The number of anilines is 1. The summed E-state index contributed by atoms with van der Waals surface area (Å²) in [6, 6.07) is 3.32. The van der Waals surface area contributed by atoms with Gasteiger partial charge in [-0.2, -0.15) is 0 Å². The maximum atomic E-state index is 13.5. The molecular weight excluding hydrogens is 281 g/mol. The van der Waals surface area contributed by atoms with Gasteiger partial charge in [0.15, 0.2) is 0 Å². The van der Waals surface area contributed by atoms with Crippen molar-refractivity contribution >= 4 is 29.3 Å². The lowest BCUT2D eigenvalue weighted by Gasteiger charge is -2.12. The number of amides is 1. The highest BCUT2D eigenvalue weighted by Crippen LogP contribution is 2.19. The first-order valence-electron chi connectivity index (χ1n) is 6.41. The van der Waals surface area contributed by atoms with Crippen LogP contribution in [0, 0.1) is 5.82 Å². The monoisotopic (exact) mass is 299 g/mol. The molecule has 1 aromatic rings. The summed E-state index contributed by atoms with van der Waals surface area (Å²) >= 11 is 1.49. The normalized spacial score (nSPS) is 11.9. The quantitative estimate of drug-likeness (QED) is 0.757. The molecule has 0 fully saturated rings. The zero-order chi connectivity index (χ0) is 15.1. The molecule has 4 nitrogen and oxygen atoms in total. The number of carboxylic acid groups (broad SMARTS) is 1. The summed E-state index contributed by atoms with van der Waals surface area (Å²) < 4.78 is 13.5. The topological polar surface area (TPSA) is 66.4 Å². The van der Waals surface area contributed by atoms with Gasteiger partial charge in [-0.1, -0.05) is 13.3 Å². The lowest BCUT2D eigenvalue weighted by Crippen LogP contribution is -2.23. The Morgan fingerprint density at radius 2 is 2.15 bits per heavy atom. The number of rotatable bonds is 7. The zero-order valence-corrected chi connectivity index (χ0v) is 12.3. The van der Waals surface area contributed by atoms with Gasteiger partial charge in [-0.25, -0.2) is 9.18 Å². The van der Waals surface area contributed by atoms with Gasteiger partial charge in [0.1, 0.15) is 5.82 Å². The Labute approximate surface area is 121 Å². The third-order valence-electron chi connectivity index (χ3n) is 2.71. The second kappa shape index (κ2) is 7.89. The van der Waals surface area contributed by atoms with E-state index in [1.165, 1.54) is 11.8 Å². The minimum atomic E-state index is -1.16. The van der Waals surface area contributed by atoms with Crippen molar-refractivity contribution in [3.05, 3.63) is 29.6 Å². The number of carbonyl (C=O) groups excluding carboxylic acids is 1. The molecule has 0 saturated heterocycles. The van der Waals surface area contributed by atoms with Crippen molar-refractivity contribution in [1.82, 2.24) is 0 Å². The first-order valence-corrected chi connectivity index (χ1v) is 7.46. The molecule has 110 valence electrons. The highest BCUT2D eigenvalue weighted by atomic mass is 32.2. The molecule has 0 heterocycles. The molecule has 20 heavy (non-hydrogen) atoms. The Balaban J connectivity index is 2.69. The van der Waals surface area contributed by atoms with Gasteiger partial charge in [-0.3, -0.25) is 4.79 Å². The second-order valence-electron chi connectivity index (χ2n) is 4.36. The molecule has 2 N–H and O–H groups in total. The SMILES string of the molecule is CCCCSC(C)C(=O)Nc1cc(C(=O)O)ccc1F. The number of hydrogen-bond donors (Lipinski definition) is 2. The van der Waals surface area contributed by atoms with E-state index in [1.54, 1.807) is 6.92 Å². The van der Waals surface area contributed by atoms with Gasteiger partial charge in [0.05, 0.1) is 16.5 Å². The van der Waals surface area contributed by atoms with Crippen LogP contribution in [0.5, 0.6) is 0 Å². The molecule has 0 aliphatic heterocycles. The molecule has 1 rings (SSSR count). The largest absolute Gasteiger partial charge is 0.478 e. The van der Waals surface area contributed by atoms with Gasteiger partial charge in [-0.15, -0.1) is 11.8 Å². The second-order valence-corrected chi connectivity index (χ2v) is 5.80.